The molecule has 0 N–H and O–H groups in total. The Labute approximate surface area is 186 Å². The topological polar surface area (TPSA) is 93.2 Å². The van der Waals surface area contributed by atoms with E-state index in [1.807, 2.05) is 20.8 Å². The monoisotopic (exact) mass is 438 g/mol. The van der Waals surface area contributed by atoms with E-state index in [9.17, 15) is 19.2 Å². The minimum absolute atomic E-state index is 0.0915. The van der Waals surface area contributed by atoms with Crippen molar-refractivity contribution in [3.05, 3.63) is 24.3 Å². The molecule has 0 saturated carbocycles. The van der Waals surface area contributed by atoms with Crippen LogP contribution in [0.5, 0.6) is 0 Å². The number of ether oxygens (including phenoxy) is 2. The molecule has 0 bridgehead atoms. The Morgan fingerprint density at radius 1 is 0.871 bits per heavy atom. The Hall–Kier alpha value is -2.64. The molecule has 8 heteroatoms. The summed E-state index contributed by atoms with van der Waals surface area (Å²) in [7, 11) is 0. The smallest absolute Gasteiger partial charge is 0.416 e. The molecule has 0 aliphatic carbocycles. The van der Waals surface area contributed by atoms with Crippen molar-refractivity contribution < 1.29 is 28.7 Å². The van der Waals surface area contributed by atoms with Gasteiger partial charge in [-0.1, -0.05) is 33.9 Å². The second-order valence-corrected chi connectivity index (χ2v) is 8.57. The number of rotatable bonds is 11. The van der Waals surface area contributed by atoms with Gasteiger partial charge in [0.25, 0.3) is 11.8 Å². The van der Waals surface area contributed by atoms with E-state index < -0.39 is 29.4 Å². The van der Waals surface area contributed by atoms with Crippen molar-refractivity contribution in [1.29, 1.82) is 0 Å². The highest BCUT2D eigenvalue weighted by Crippen LogP contribution is 2.29. The number of carbonyl (C=O) groups is 4. The zero-order valence-electron chi connectivity index (χ0n) is 20.1. The van der Waals surface area contributed by atoms with Gasteiger partial charge >= 0.3 is 12.2 Å². The molecule has 0 saturated heterocycles. The van der Waals surface area contributed by atoms with Gasteiger partial charge in [0, 0.05) is 24.2 Å². The van der Waals surface area contributed by atoms with Crippen molar-refractivity contribution in [3.63, 3.8) is 0 Å². The maximum absolute atomic E-state index is 12.4. The predicted molar refractivity (Wildman–Crippen MR) is 119 cm³/mol. The summed E-state index contributed by atoms with van der Waals surface area (Å²) in [5.74, 6) is -0.848. The zero-order chi connectivity index (χ0) is 24.4. The van der Waals surface area contributed by atoms with Crippen LogP contribution < -0.4 is 0 Å². The highest BCUT2D eigenvalue weighted by Gasteiger charge is 2.32. The molecule has 0 aromatic carbocycles. The second kappa shape index (κ2) is 12.9. The lowest BCUT2D eigenvalue weighted by Gasteiger charge is -2.33. The molecular formula is C23H38N2O6. The van der Waals surface area contributed by atoms with Crippen LogP contribution in [-0.4, -0.2) is 60.1 Å². The van der Waals surface area contributed by atoms with Crippen LogP contribution in [0.25, 0.3) is 0 Å². The number of carbonyl (C=O) groups excluding carboxylic acids is 4. The van der Waals surface area contributed by atoms with Crippen molar-refractivity contribution >= 4 is 24.0 Å². The summed E-state index contributed by atoms with van der Waals surface area (Å²) in [5, 5.41) is 0. The maximum Gasteiger partial charge on any atom is 0.416 e. The molecule has 0 aromatic rings. The first-order chi connectivity index (χ1) is 14.3. The quantitative estimate of drug-likeness (QED) is 0.439. The summed E-state index contributed by atoms with van der Waals surface area (Å²) in [5.41, 5.74) is 0.0782. The molecule has 0 fully saturated rings. The molecule has 31 heavy (non-hydrogen) atoms. The summed E-state index contributed by atoms with van der Waals surface area (Å²) in [6.45, 7) is 20.3. The Morgan fingerprint density at radius 3 is 1.71 bits per heavy atom. The van der Waals surface area contributed by atoms with E-state index in [1.165, 1.54) is 0 Å². The second-order valence-electron chi connectivity index (χ2n) is 8.57. The van der Waals surface area contributed by atoms with Crippen LogP contribution in [0.1, 0.15) is 61.3 Å². The molecule has 0 spiro atoms. The first kappa shape index (κ1) is 28.4. The maximum atomic E-state index is 12.4. The van der Waals surface area contributed by atoms with Crippen molar-refractivity contribution in [2.45, 2.75) is 61.3 Å². The van der Waals surface area contributed by atoms with Crippen molar-refractivity contribution in [3.8, 4) is 0 Å². The van der Waals surface area contributed by atoms with Gasteiger partial charge < -0.3 is 9.47 Å². The minimum atomic E-state index is -0.697. The third-order valence-corrected chi connectivity index (χ3v) is 4.53. The SMILES string of the molecule is C=C(C)C(=O)N(CCC(C)CC(C)(C)CN(C(=O)OCC)C(=O)C(=C)C)C(=O)OCC. The van der Waals surface area contributed by atoms with Gasteiger partial charge in [0.15, 0.2) is 0 Å². The van der Waals surface area contributed by atoms with Crippen molar-refractivity contribution in [2.75, 3.05) is 26.3 Å². The summed E-state index contributed by atoms with van der Waals surface area (Å²) in [6.07, 6.45) is -0.210. The Balaban J connectivity index is 5.21. The fourth-order valence-corrected chi connectivity index (χ4v) is 3.25. The van der Waals surface area contributed by atoms with Crippen LogP contribution in [0.15, 0.2) is 24.3 Å². The number of nitrogens with zero attached hydrogens (tertiary/aromatic N) is 2. The molecular weight excluding hydrogens is 400 g/mol. The van der Waals surface area contributed by atoms with E-state index in [0.717, 1.165) is 9.80 Å². The van der Waals surface area contributed by atoms with Gasteiger partial charge in [-0.25, -0.2) is 19.4 Å². The zero-order valence-corrected chi connectivity index (χ0v) is 20.1. The molecule has 0 heterocycles. The van der Waals surface area contributed by atoms with Crippen LogP contribution in [0.2, 0.25) is 0 Å². The van der Waals surface area contributed by atoms with E-state index >= 15 is 0 Å². The van der Waals surface area contributed by atoms with Gasteiger partial charge in [-0.05, 0) is 51.9 Å². The largest absolute Gasteiger partial charge is 0.449 e. The van der Waals surface area contributed by atoms with Crippen LogP contribution in [0.4, 0.5) is 9.59 Å². The fourth-order valence-electron chi connectivity index (χ4n) is 3.25. The van der Waals surface area contributed by atoms with Crippen molar-refractivity contribution in [2.24, 2.45) is 11.3 Å². The number of amides is 4. The van der Waals surface area contributed by atoms with E-state index in [-0.39, 0.29) is 43.4 Å². The van der Waals surface area contributed by atoms with Crippen LogP contribution >= 0.6 is 0 Å². The van der Waals surface area contributed by atoms with E-state index in [1.54, 1.807) is 27.7 Å². The first-order valence-electron chi connectivity index (χ1n) is 10.6. The lowest BCUT2D eigenvalue weighted by molar-refractivity contribution is -0.127. The standard InChI is InChI=1S/C23H38N2O6/c1-10-30-21(28)24(19(26)16(3)4)13-12-18(7)14-23(8,9)15-25(20(27)17(5)6)22(29)31-11-2/h18H,3,5,10-15H2,1-2,4,6-9H3. The number of hydrogen-bond acceptors (Lipinski definition) is 6. The molecule has 0 rings (SSSR count). The molecule has 0 radical (unpaired) electrons. The molecule has 4 amide bonds. The van der Waals surface area contributed by atoms with Gasteiger partial charge in [0.1, 0.15) is 0 Å². The summed E-state index contributed by atoms with van der Waals surface area (Å²) >= 11 is 0. The Morgan fingerprint density at radius 2 is 1.29 bits per heavy atom. The summed E-state index contributed by atoms with van der Waals surface area (Å²) in [6, 6.07) is 0. The highest BCUT2D eigenvalue weighted by atomic mass is 16.6. The normalized spacial score (nSPS) is 11.8. The lowest BCUT2D eigenvalue weighted by Crippen LogP contribution is -2.44. The van der Waals surface area contributed by atoms with E-state index in [2.05, 4.69) is 13.2 Å². The van der Waals surface area contributed by atoms with Crippen molar-refractivity contribution in [1.82, 2.24) is 9.80 Å². The summed E-state index contributed by atoms with van der Waals surface area (Å²) < 4.78 is 10.0. The average Bonchev–Trinajstić information content (AvgIpc) is 2.65. The summed E-state index contributed by atoms with van der Waals surface area (Å²) in [4.78, 5) is 51.3. The third-order valence-electron chi connectivity index (χ3n) is 4.53. The number of imide groups is 2. The highest BCUT2D eigenvalue weighted by molar-refractivity contribution is 6.02. The predicted octanol–water partition coefficient (Wildman–Crippen LogP) is 4.55. The number of hydrogen-bond donors (Lipinski definition) is 0. The van der Waals surface area contributed by atoms with Gasteiger partial charge in [0.2, 0.25) is 0 Å². The average molecular weight is 439 g/mol. The van der Waals surface area contributed by atoms with Crippen LogP contribution in [0.3, 0.4) is 0 Å². The Kier molecular flexibility index (Phi) is 11.8. The molecule has 176 valence electrons. The minimum Gasteiger partial charge on any atom is -0.449 e. The molecule has 0 aliphatic rings. The molecule has 0 aliphatic heterocycles. The van der Waals surface area contributed by atoms with Crippen LogP contribution in [0, 0.1) is 11.3 Å². The molecule has 0 aromatic heterocycles. The first-order valence-corrected chi connectivity index (χ1v) is 10.6. The van der Waals surface area contributed by atoms with E-state index in [4.69, 9.17) is 9.47 Å². The Bertz CT molecular complexity index is 698. The molecule has 1 unspecified atom stereocenters. The van der Waals surface area contributed by atoms with Gasteiger partial charge in [0.05, 0.1) is 13.2 Å². The third kappa shape index (κ3) is 9.81. The lowest BCUT2D eigenvalue weighted by atomic mass is 9.81. The van der Waals surface area contributed by atoms with Gasteiger partial charge in [-0.3, -0.25) is 9.59 Å². The van der Waals surface area contributed by atoms with Gasteiger partial charge in [-0.15, -0.1) is 0 Å². The van der Waals surface area contributed by atoms with Crippen LogP contribution in [-0.2, 0) is 19.1 Å². The molecule has 1 atom stereocenters. The molecule has 8 nitrogen and oxygen atoms in total. The van der Waals surface area contributed by atoms with Gasteiger partial charge in [-0.2, -0.15) is 0 Å². The van der Waals surface area contributed by atoms with E-state index in [0.29, 0.717) is 12.8 Å². The fraction of sp³-hybridized carbons (Fsp3) is 0.652.